The molecule has 0 saturated carbocycles. The first kappa shape index (κ1) is 21.8. The van der Waals surface area contributed by atoms with Crippen LogP contribution in [0, 0.1) is 0 Å². The van der Waals surface area contributed by atoms with E-state index in [-0.39, 0.29) is 5.91 Å². The lowest BCUT2D eigenvalue weighted by atomic mass is 10.1. The molecule has 5 nitrogen and oxygen atoms in total. The Bertz CT molecular complexity index is 996. The molecule has 1 saturated heterocycles. The van der Waals surface area contributed by atoms with Crippen LogP contribution in [0.2, 0.25) is 5.02 Å². The van der Waals surface area contributed by atoms with E-state index < -0.39 is 0 Å². The summed E-state index contributed by atoms with van der Waals surface area (Å²) in [6.07, 6.45) is 0.434. The zero-order chi connectivity index (χ0) is 21.6. The van der Waals surface area contributed by atoms with Crippen LogP contribution in [0.25, 0.3) is 11.3 Å². The molecule has 31 heavy (non-hydrogen) atoms. The minimum absolute atomic E-state index is 0.183. The Balaban J connectivity index is 1.26. The van der Waals surface area contributed by atoms with Gasteiger partial charge in [-0.3, -0.25) is 9.69 Å². The van der Waals surface area contributed by atoms with E-state index in [1.54, 1.807) is 11.3 Å². The van der Waals surface area contributed by atoms with Crippen molar-refractivity contribution in [2.24, 2.45) is 0 Å². The Hall–Kier alpha value is -2.41. The third kappa shape index (κ3) is 5.85. The number of carbonyl (C=O) groups excluding carboxylic acids is 1. The topological polar surface area (TPSA) is 45.7 Å². The summed E-state index contributed by atoms with van der Waals surface area (Å²) in [5, 5.41) is 3.92. The average molecular weight is 456 g/mol. The highest BCUT2D eigenvalue weighted by Gasteiger charge is 2.22. The molecular weight excluding hydrogens is 430 g/mol. The second-order valence-corrected chi connectivity index (χ2v) is 8.92. The summed E-state index contributed by atoms with van der Waals surface area (Å²) < 4.78 is 5.46. The van der Waals surface area contributed by atoms with Gasteiger partial charge in [-0.05, 0) is 36.8 Å². The highest BCUT2D eigenvalue weighted by molar-refractivity contribution is 7.09. The lowest BCUT2D eigenvalue weighted by molar-refractivity contribution is -0.132. The number of hydrogen-bond donors (Lipinski definition) is 0. The van der Waals surface area contributed by atoms with E-state index in [2.05, 4.69) is 10.3 Å². The van der Waals surface area contributed by atoms with Gasteiger partial charge in [0.05, 0.1) is 25.3 Å². The van der Waals surface area contributed by atoms with E-state index in [0.717, 1.165) is 65.3 Å². The van der Waals surface area contributed by atoms with Crippen molar-refractivity contribution in [2.75, 3.05) is 32.8 Å². The fourth-order valence-electron chi connectivity index (χ4n) is 3.64. The number of rotatable bonds is 7. The SMILES string of the molecule is CCOc1ccc(CC(=O)N2CCN(Cc3nc(-c4ccc(Cl)cc4)cs3)CC2)cc1. The Morgan fingerprint density at radius 3 is 2.45 bits per heavy atom. The number of amides is 1. The molecule has 4 rings (SSSR count). The summed E-state index contributed by atoms with van der Waals surface area (Å²) in [6, 6.07) is 15.6. The fraction of sp³-hybridized carbons (Fsp3) is 0.333. The largest absolute Gasteiger partial charge is 0.494 e. The maximum atomic E-state index is 12.7. The summed E-state index contributed by atoms with van der Waals surface area (Å²) in [6.45, 7) is 6.67. The van der Waals surface area contributed by atoms with E-state index >= 15 is 0 Å². The second kappa shape index (κ2) is 10.3. The number of benzene rings is 2. The van der Waals surface area contributed by atoms with Gasteiger partial charge < -0.3 is 9.64 Å². The molecule has 7 heteroatoms. The van der Waals surface area contributed by atoms with Gasteiger partial charge in [0.2, 0.25) is 5.91 Å². The number of hydrogen-bond acceptors (Lipinski definition) is 5. The predicted octanol–water partition coefficient (Wildman–Crippen LogP) is 4.75. The van der Waals surface area contributed by atoms with Crippen molar-refractivity contribution in [3.8, 4) is 17.0 Å². The highest BCUT2D eigenvalue weighted by Crippen LogP contribution is 2.24. The molecule has 2 heterocycles. The number of carbonyl (C=O) groups is 1. The second-order valence-electron chi connectivity index (χ2n) is 7.54. The van der Waals surface area contributed by atoms with E-state index in [4.69, 9.17) is 21.3 Å². The number of ether oxygens (including phenoxy) is 1. The zero-order valence-corrected chi connectivity index (χ0v) is 19.2. The van der Waals surface area contributed by atoms with Gasteiger partial charge in [0.25, 0.3) is 0 Å². The molecule has 162 valence electrons. The molecule has 0 N–H and O–H groups in total. The van der Waals surface area contributed by atoms with Crippen LogP contribution in [0.4, 0.5) is 0 Å². The van der Waals surface area contributed by atoms with E-state index in [1.807, 2.05) is 60.4 Å². The van der Waals surface area contributed by atoms with Crippen molar-refractivity contribution in [1.29, 1.82) is 0 Å². The molecule has 0 atom stereocenters. The summed E-state index contributed by atoms with van der Waals surface area (Å²) >= 11 is 7.65. The maximum Gasteiger partial charge on any atom is 0.227 e. The monoisotopic (exact) mass is 455 g/mol. The van der Waals surface area contributed by atoms with Gasteiger partial charge in [-0.25, -0.2) is 4.98 Å². The molecule has 0 spiro atoms. The summed E-state index contributed by atoms with van der Waals surface area (Å²) in [5.41, 5.74) is 3.09. The molecule has 1 aliphatic rings. The quantitative estimate of drug-likeness (QED) is 0.515. The van der Waals surface area contributed by atoms with Crippen molar-refractivity contribution in [3.63, 3.8) is 0 Å². The van der Waals surface area contributed by atoms with Crippen molar-refractivity contribution in [1.82, 2.24) is 14.8 Å². The smallest absolute Gasteiger partial charge is 0.227 e. The van der Waals surface area contributed by atoms with E-state index in [1.165, 1.54) is 0 Å². The third-order valence-corrected chi connectivity index (χ3v) is 6.45. The first-order chi connectivity index (χ1) is 15.1. The maximum absolute atomic E-state index is 12.7. The molecule has 0 radical (unpaired) electrons. The normalized spacial score (nSPS) is 14.6. The Kier molecular flexibility index (Phi) is 7.22. The minimum atomic E-state index is 0.183. The molecule has 0 aliphatic carbocycles. The molecule has 0 unspecified atom stereocenters. The minimum Gasteiger partial charge on any atom is -0.494 e. The van der Waals surface area contributed by atoms with Crippen molar-refractivity contribution >= 4 is 28.8 Å². The summed E-state index contributed by atoms with van der Waals surface area (Å²) in [5.74, 6) is 1.02. The molecule has 1 aromatic heterocycles. The average Bonchev–Trinajstić information content (AvgIpc) is 3.25. The van der Waals surface area contributed by atoms with Gasteiger partial charge in [-0.2, -0.15) is 0 Å². The summed E-state index contributed by atoms with van der Waals surface area (Å²) in [7, 11) is 0. The first-order valence-electron chi connectivity index (χ1n) is 10.5. The van der Waals surface area contributed by atoms with Crippen LogP contribution in [0.5, 0.6) is 5.75 Å². The van der Waals surface area contributed by atoms with Crippen LogP contribution >= 0.6 is 22.9 Å². The molecule has 1 aliphatic heterocycles. The Labute approximate surface area is 192 Å². The van der Waals surface area contributed by atoms with Crippen LogP contribution in [-0.2, 0) is 17.8 Å². The van der Waals surface area contributed by atoms with E-state index in [0.29, 0.717) is 13.0 Å². The zero-order valence-electron chi connectivity index (χ0n) is 17.6. The summed E-state index contributed by atoms with van der Waals surface area (Å²) in [4.78, 5) is 21.8. The number of thiazole rings is 1. The van der Waals surface area contributed by atoms with Gasteiger partial charge in [0.1, 0.15) is 10.8 Å². The van der Waals surface area contributed by atoms with Gasteiger partial charge in [0.15, 0.2) is 0 Å². The van der Waals surface area contributed by atoms with Crippen molar-refractivity contribution in [3.05, 3.63) is 69.5 Å². The van der Waals surface area contributed by atoms with Crippen molar-refractivity contribution < 1.29 is 9.53 Å². The van der Waals surface area contributed by atoms with Gasteiger partial charge >= 0.3 is 0 Å². The third-order valence-electron chi connectivity index (χ3n) is 5.37. The number of piperazine rings is 1. The first-order valence-corrected chi connectivity index (χ1v) is 11.8. The van der Waals surface area contributed by atoms with Crippen LogP contribution in [0.1, 0.15) is 17.5 Å². The van der Waals surface area contributed by atoms with Crippen LogP contribution in [0.3, 0.4) is 0 Å². The van der Waals surface area contributed by atoms with Crippen LogP contribution < -0.4 is 4.74 Å². The molecule has 1 fully saturated rings. The molecular formula is C24H26ClN3O2S. The predicted molar refractivity (Wildman–Crippen MR) is 126 cm³/mol. The molecule has 3 aromatic rings. The molecule has 1 amide bonds. The van der Waals surface area contributed by atoms with Gasteiger partial charge in [0, 0.05) is 42.1 Å². The number of nitrogens with zero attached hydrogens (tertiary/aromatic N) is 3. The molecule has 0 bridgehead atoms. The van der Waals surface area contributed by atoms with E-state index in [9.17, 15) is 4.79 Å². The fourth-order valence-corrected chi connectivity index (χ4v) is 4.61. The Morgan fingerprint density at radius 2 is 1.77 bits per heavy atom. The number of halogens is 1. The van der Waals surface area contributed by atoms with Gasteiger partial charge in [-0.1, -0.05) is 35.9 Å². The number of aromatic nitrogens is 1. The standard InChI is InChI=1S/C24H26ClN3O2S/c1-2-30-21-9-3-18(4-10-21)15-24(29)28-13-11-27(12-14-28)16-23-26-22(17-31-23)19-5-7-20(25)8-6-19/h3-10,17H,2,11-16H2,1H3. The molecule has 2 aromatic carbocycles. The van der Waals surface area contributed by atoms with Crippen LogP contribution in [0.15, 0.2) is 53.9 Å². The van der Waals surface area contributed by atoms with Gasteiger partial charge in [-0.15, -0.1) is 11.3 Å². The lowest BCUT2D eigenvalue weighted by Gasteiger charge is -2.34. The lowest BCUT2D eigenvalue weighted by Crippen LogP contribution is -2.48. The Morgan fingerprint density at radius 1 is 1.06 bits per heavy atom. The highest BCUT2D eigenvalue weighted by atomic mass is 35.5. The van der Waals surface area contributed by atoms with Crippen LogP contribution in [-0.4, -0.2) is 53.5 Å². The van der Waals surface area contributed by atoms with Crippen molar-refractivity contribution in [2.45, 2.75) is 19.9 Å².